The fourth-order valence-corrected chi connectivity index (χ4v) is 2.51. The van der Waals surface area contributed by atoms with Crippen LogP contribution in [0.2, 0.25) is 0 Å². The van der Waals surface area contributed by atoms with E-state index in [1.54, 1.807) is 24.0 Å². The predicted octanol–water partition coefficient (Wildman–Crippen LogP) is 3.57. The minimum atomic E-state index is -4.35. The topological polar surface area (TPSA) is 63.6 Å². The van der Waals surface area contributed by atoms with Gasteiger partial charge in [-0.05, 0) is 31.5 Å². The first-order valence-electron chi connectivity index (χ1n) is 7.53. The first kappa shape index (κ1) is 16.9. The van der Waals surface area contributed by atoms with Crippen LogP contribution in [0.3, 0.4) is 0 Å². The van der Waals surface area contributed by atoms with Gasteiger partial charge < -0.3 is 9.55 Å². The summed E-state index contributed by atoms with van der Waals surface area (Å²) in [6, 6.07) is 6.15. The van der Waals surface area contributed by atoms with Crippen molar-refractivity contribution in [3.63, 3.8) is 0 Å². The van der Waals surface area contributed by atoms with Crippen molar-refractivity contribution in [2.24, 2.45) is 0 Å². The normalized spacial score (nSPS) is 13.0. The Morgan fingerprint density at radius 3 is 2.44 bits per heavy atom. The molecule has 2 aromatic heterocycles. The molecule has 1 atom stereocenters. The largest absolute Gasteiger partial charge is 0.416 e. The summed E-state index contributed by atoms with van der Waals surface area (Å²) in [5.41, 5.74) is 0.727. The minimum absolute atomic E-state index is 0.216. The Hall–Kier alpha value is -2.90. The minimum Gasteiger partial charge on any atom is -0.330 e. The van der Waals surface area contributed by atoms with Crippen LogP contribution in [0.25, 0.3) is 11.4 Å². The van der Waals surface area contributed by atoms with Crippen molar-refractivity contribution in [1.29, 1.82) is 0 Å². The Labute approximate surface area is 141 Å². The third kappa shape index (κ3) is 3.62. The molecule has 1 unspecified atom stereocenters. The second-order valence-electron chi connectivity index (χ2n) is 5.72. The molecule has 0 bridgehead atoms. The zero-order chi connectivity index (χ0) is 18.2. The standard InChI is InChI=1S/C17H15F3N4O/c1-10(12-3-5-13(6-4-12)17(18,19)20)24-8-15(21-9-24)14-7-16(25)23-11(2)22-14/h3-10H,1-2H3,(H,22,23,25). The maximum Gasteiger partial charge on any atom is 0.416 e. The third-order valence-electron chi connectivity index (χ3n) is 3.89. The molecule has 130 valence electrons. The summed E-state index contributed by atoms with van der Waals surface area (Å²) in [4.78, 5) is 22.6. The van der Waals surface area contributed by atoms with Crippen LogP contribution in [0, 0.1) is 6.92 Å². The predicted molar refractivity (Wildman–Crippen MR) is 86.1 cm³/mol. The van der Waals surface area contributed by atoms with Gasteiger partial charge in [0.2, 0.25) is 0 Å². The first-order valence-corrected chi connectivity index (χ1v) is 7.53. The third-order valence-corrected chi connectivity index (χ3v) is 3.89. The van der Waals surface area contributed by atoms with Crippen molar-refractivity contribution in [3.05, 3.63) is 70.2 Å². The fourth-order valence-electron chi connectivity index (χ4n) is 2.51. The number of hydrogen-bond donors (Lipinski definition) is 1. The fraction of sp³-hybridized carbons (Fsp3) is 0.235. The Kier molecular flexibility index (Phi) is 4.20. The Morgan fingerprint density at radius 2 is 1.84 bits per heavy atom. The van der Waals surface area contributed by atoms with Crippen LogP contribution in [0.5, 0.6) is 0 Å². The molecule has 3 rings (SSSR count). The number of imidazole rings is 1. The van der Waals surface area contributed by atoms with E-state index in [9.17, 15) is 18.0 Å². The molecule has 0 radical (unpaired) electrons. The number of alkyl halides is 3. The van der Waals surface area contributed by atoms with Crippen LogP contribution in [0.1, 0.15) is 29.9 Å². The van der Waals surface area contributed by atoms with Gasteiger partial charge in [0.25, 0.3) is 5.56 Å². The van der Waals surface area contributed by atoms with Crippen LogP contribution in [0.4, 0.5) is 13.2 Å². The Bertz CT molecular complexity index is 942. The van der Waals surface area contributed by atoms with E-state index in [2.05, 4.69) is 15.0 Å². The van der Waals surface area contributed by atoms with Gasteiger partial charge in [-0.15, -0.1) is 0 Å². The van der Waals surface area contributed by atoms with E-state index in [0.717, 1.165) is 12.1 Å². The number of nitrogens with zero attached hydrogens (tertiary/aromatic N) is 3. The summed E-state index contributed by atoms with van der Waals surface area (Å²) in [6.45, 7) is 3.53. The second kappa shape index (κ2) is 6.19. The van der Waals surface area contributed by atoms with Crippen LogP contribution in [-0.2, 0) is 6.18 Å². The van der Waals surface area contributed by atoms with Crippen molar-refractivity contribution in [2.75, 3.05) is 0 Å². The number of aromatic nitrogens is 4. The monoisotopic (exact) mass is 348 g/mol. The van der Waals surface area contributed by atoms with Gasteiger partial charge in [0, 0.05) is 12.3 Å². The molecular formula is C17H15F3N4O. The summed E-state index contributed by atoms with van der Waals surface area (Å²) >= 11 is 0. The molecule has 0 saturated heterocycles. The lowest BCUT2D eigenvalue weighted by Gasteiger charge is -2.14. The second-order valence-corrected chi connectivity index (χ2v) is 5.72. The Morgan fingerprint density at radius 1 is 1.16 bits per heavy atom. The highest BCUT2D eigenvalue weighted by atomic mass is 19.4. The average molecular weight is 348 g/mol. The molecule has 25 heavy (non-hydrogen) atoms. The van der Waals surface area contributed by atoms with Gasteiger partial charge in [0.15, 0.2) is 0 Å². The maximum absolute atomic E-state index is 12.6. The van der Waals surface area contributed by atoms with Crippen LogP contribution >= 0.6 is 0 Å². The lowest BCUT2D eigenvalue weighted by Crippen LogP contribution is -2.08. The van der Waals surface area contributed by atoms with E-state index < -0.39 is 11.7 Å². The molecule has 0 aliphatic rings. The van der Waals surface area contributed by atoms with E-state index in [4.69, 9.17) is 0 Å². The molecule has 1 N–H and O–H groups in total. The van der Waals surface area contributed by atoms with Crippen molar-refractivity contribution in [3.8, 4) is 11.4 Å². The smallest absolute Gasteiger partial charge is 0.330 e. The number of hydrogen-bond acceptors (Lipinski definition) is 3. The first-order chi connectivity index (χ1) is 11.7. The molecule has 3 aromatic rings. The number of nitrogens with one attached hydrogen (secondary N) is 1. The molecule has 0 aliphatic heterocycles. The van der Waals surface area contributed by atoms with Crippen LogP contribution in [-0.4, -0.2) is 19.5 Å². The van der Waals surface area contributed by atoms with Gasteiger partial charge in [-0.25, -0.2) is 9.97 Å². The van der Waals surface area contributed by atoms with E-state index in [1.165, 1.54) is 18.2 Å². The lowest BCUT2D eigenvalue weighted by atomic mass is 10.1. The summed E-state index contributed by atoms with van der Waals surface area (Å²) in [7, 11) is 0. The molecular weight excluding hydrogens is 333 g/mol. The molecule has 0 aliphatic carbocycles. The number of aryl methyl sites for hydroxylation is 1. The SMILES string of the molecule is Cc1nc(-c2cn(C(C)c3ccc(C(F)(F)F)cc3)cn2)cc(=O)[nH]1. The van der Waals surface area contributed by atoms with Gasteiger partial charge in [0.05, 0.1) is 23.6 Å². The van der Waals surface area contributed by atoms with Crippen molar-refractivity contribution in [1.82, 2.24) is 19.5 Å². The summed E-state index contributed by atoms with van der Waals surface area (Å²) < 4.78 is 39.7. The number of aromatic amines is 1. The van der Waals surface area contributed by atoms with E-state index >= 15 is 0 Å². The zero-order valence-corrected chi connectivity index (χ0v) is 13.5. The van der Waals surface area contributed by atoms with Gasteiger partial charge in [-0.3, -0.25) is 4.79 Å². The zero-order valence-electron chi connectivity index (χ0n) is 13.5. The highest BCUT2D eigenvalue weighted by Gasteiger charge is 2.30. The quantitative estimate of drug-likeness (QED) is 0.787. The van der Waals surface area contributed by atoms with E-state index in [0.29, 0.717) is 22.8 Å². The highest BCUT2D eigenvalue weighted by molar-refractivity contribution is 5.52. The summed E-state index contributed by atoms with van der Waals surface area (Å²) in [5, 5.41) is 0. The molecule has 5 nitrogen and oxygen atoms in total. The summed E-state index contributed by atoms with van der Waals surface area (Å²) in [5.74, 6) is 0.479. The van der Waals surface area contributed by atoms with Crippen molar-refractivity contribution in [2.45, 2.75) is 26.1 Å². The molecule has 1 aromatic carbocycles. The number of halogens is 3. The summed E-state index contributed by atoms with van der Waals surface area (Å²) in [6.07, 6.45) is -1.08. The molecule has 0 spiro atoms. The van der Waals surface area contributed by atoms with Crippen molar-refractivity contribution >= 4 is 0 Å². The van der Waals surface area contributed by atoms with E-state index in [1.807, 2.05) is 6.92 Å². The lowest BCUT2D eigenvalue weighted by molar-refractivity contribution is -0.137. The van der Waals surface area contributed by atoms with Gasteiger partial charge in [0.1, 0.15) is 11.5 Å². The average Bonchev–Trinajstić information content (AvgIpc) is 3.02. The van der Waals surface area contributed by atoms with Gasteiger partial charge in [-0.1, -0.05) is 12.1 Å². The van der Waals surface area contributed by atoms with Crippen molar-refractivity contribution < 1.29 is 13.2 Å². The maximum atomic E-state index is 12.6. The van der Waals surface area contributed by atoms with Crippen LogP contribution in [0.15, 0.2) is 47.7 Å². The van der Waals surface area contributed by atoms with E-state index in [-0.39, 0.29) is 11.6 Å². The molecule has 0 saturated carbocycles. The number of benzene rings is 1. The van der Waals surface area contributed by atoms with Gasteiger partial charge >= 0.3 is 6.18 Å². The molecule has 8 heteroatoms. The number of rotatable bonds is 3. The Balaban J connectivity index is 1.87. The molecule has 0 fully saturated rings. The number of H-pyrrole nitrogens is 1. The van der Waals surface area contributed by atoms with Gasteiger partial charge in [-0.2, -0.15) is 13.2 Å². The molecule has 2 heterocycles. The highest BCUT2D eigenvalue weighted by Crippen LogP contribution is 2.30. The molecule has 0 amide bonds. The van der Waals surface area contributed by atoms with Crippen LogP contribution < -0.4 is 5.56 Å².